The molecule has 1 aromatic heterocycles. The number of nitrogens with zero attached hydrogens (tertiary/aromatic N) is 4. The Bertz CT molecular complexity index is 1950. The van der Waals surface area contributed by atoms with Crippen LogP contribution in [0.4, 0.5) is 0 Å². The first-order valence-electron chi connectivity index (χ1n) is 18.3. The number of pyridine rings is 1. The highest BCUT2D eigenvalue weighted by Gasteiger charge is 2.27. The predicted octanol–water partition coefficient (Wildman–Crippen LogP) is 8.17. The van der Waals surface area contributed by atoms with Crippen molar-refractivity contribution in [3.05, 3.63) is 105 Å². The topological polar surface area (TPSA) is 108 Å². The molecule has 2 fully saturated rings. The van der Waals surface area contributed by atoms with Crippen LogP contribution in [0.2, 0.25) is 10.0 Å². The number of aliphatic hydroxyl groups excluding tert-OH is 1. The number of ether oxygens (including phenoxy) is 3. The van der Waals surface area contributed by atoms with Crippen molar-refractivity contribution in [3.8, 4) is 34.4 Å². The molecule has 0 aliphatic carbocycles. The largest absolute Gasteiger partial charge is 0.492 e. The Hall–Kier alpha value is -4.17. The molecule has 6 rings (SSSR count). The van der Waals surface area contributed by atoms with Gasteiger partial charge in [-0.25, -0.2) is 0 Å². The summed E-state index contributed by atoms with van der Waals surface area (Å²) < 4.78 is 18.9. The molecule has 0 spiro atoms. The minimum absolute atomic E-state index is 0.144. The van der Waals surface area contributed by atoms with Crippen LogP contribution in [0.15, 0.2) is 67.0 Å². The zero-order valence-electron chi connectivity index (χ0n) is 30.3. The highest BCUT2D eigenvalue weighted by atomic mass is 35.5. The second kappa shape index (κ2) is 18.2. The maximum Gasteiger partial charge on any atom is 0.146 e. The average Bonchev–Trinajstić information content (AvgIpc) is 3.58. The number of likely N-dealkylation sites (tertiary alicyclic amines) is 2. The fourth-order valence-electron chi connectivity index (χ4n) is 7.20. The minimum atomic E-state index is -0.226. The number of benzene rings is 3. The molecule has 3 aromatic carbocycles. The van der Waals surface area contributed by atoms with E-state index >= 15 is 0 Å². The molecule has 4 aromatic rings. The standard InChI is InChI=1S/C42H46Cl2N4O5/c1-28-32(8-5-9-35(28)36-10-6-12-39(42(36)44)51-17-7-14-47-16-13-34(50)25-47)27-53-41-20-40(52-26-31-18-30(21-45)22-46-23-31)33(19-37(41)43)24-48-15-4-3-11-38(48)29(2)49/h5-6,8-10,12,18-20,22-23,34,38,50H,3-4,7,11,13-17,24-27H2,1-2H3/t34-,38+/m1/s1. The normalized spacial score (nSPS) is 17.7. The maximum absolute atomic E-state index is 12.5. The number of nitriles is 1. The molecule has 11 heteroatoms. The third-order valence-corrected chi connectivity index (χ3v) is 10.8. The van der Waals surface area contributed by atoms with Crippen molar-refractivity contribution in [1.82, 2.24) is 14.8 Å². The molecule has 53 heavy (non-hydrogen) atoms. The van der Waals surface area contributed by atoms with Crippen molar-refractivity contribution in [1.29, 1.82) is 5.26 Å². The minimum Gasteiger partial charge on any atom is -0.492 e. The van der Waals surface area contributed by atoms with Gasteiger partial charge in [0.2, 0.25) is 0 Å². The van der Waals surface area contributed by atoms with Crippen LogP contribution in [-0.4, -0.2) is 70.6 Å². The third-order valence-electron chi connectivity index (χ3n) is 10.1. The van der Waals surface area contributed by atoms with Gasteiger partial charge in [0.05, 0.1) is 34.4 Å². The van der Waals surface area contributed by atoms with Gasteiger partial charge in [0.25, 0.3) is 0 Å². The SMILES string of the molecule is CC(=O)[C@@H]1CCCCN1Cc1cc(Cl)c(OCc2cccc(-c3cccc(OCCCN4CC[C@@H](O)C4)c3Cl)c2C)cc1OCc1cncc(C#N)c1. The molecular weight excluding hydrogens is 711 g/mol. The van der Waals surface area contributed by atoms with E-state index in [1.807, 2.05) is 48.5 Å². The molecular formula is C42H46Cl2N4O5. The molecule has 9 nitrogen and oxygen atoms in total. The van der Waals surface area contributed by atoms with Gasteiger partial charge in [0.15, 0.2) is 0 Å². The molecule has 1 N–H and O–H groups in total. The van der Waals surface area contributed by atoms with Gasteiger partial charge in [-0.2, -0.15) is 5.26 Å². The Kier molecular flexibility index (Phi) is 13.3. The molecule has 0 radical (unpaired) electrons. The quantitative estimate of drug-likeness (QED) is 0.120. The summed E-state index contributed by atoms with van der Waals surface area (Å²) >= 11 is 13.8. The van der Waals surface area contributed by atoms with Crippen LogP contribution in [0.25, 0.3) is 11.1 Å². The molecule has 0 bridgehead atoms. The van der Waals surface area contributed by atoms with Crippen molar-refractivity contribution in [2.45, 2.75) is 77.9 Å². The van der Waals surface area contributed by atoms with Gasteiger partial charge in [-0.05, 0) is 81.0 Å². The third kappa shape index (κ3) is 9.88. The summed E-state index contributed by atoms with van der Waals surface area (Å²) in [6, 6.07) is 19.3. The van der Waals surface area contributed by atoms with E-state index < -0.39 is 0 Å². The summed E-state index contributed by atoms with van der Waals surface area (Å²) in [5.74, 6) is 1.86. The second-order valence-corrected chi connectivity index (χ2v) is 14.7. The number of aromatic nitrogens is 1. The zero-order valence-corrected chi connectivity index (χ0v) is 31.8. The van der Waals surface area contributed by atoms with E-state index in [9.17, 15) is 15.2 Å². The monoisotopic (exact) mass is 756 g/mol. The number of hydrogen-bond acceptors (Lipinski definition) is 9. The van der Waals surface area contributed by atoms with Gasteiger partial charge in [-0.1, -0.05) is 60.0 Å². The summed E-state index contributed by atoms with van der Waals surface area (Å²) in [5.41, 5.74) is 5.91. The highest BCUT2D eigenvalue weighted by molar-refractivity contribution is 6.35. The van der Waals surface area contributed by atoms with E-state index in [-0.39, 0.29) is 31.1 Å². The molecule has 2 atom stereocenters. The number of halogens is 2. The van der Waals surface area contributed by atoms with Gasteiger partial charge in [-0.3, -0.25) is 14.7 Å². The summed E-state index contributed by atoms with van der Waals surface area (Å²) in [6.07, 6.45) is 7.52. The predicted molar refractivity (Wildman–Crippen MR) is 207 cm³/mol. The summed E-state index contributed by atoms with van der Waals surface area (Å²) in [5, 5.41) is 20.1. The number of hydrogen-bond donors (Lipinski definition) is 1. The smallest absolute Gasteiger partial charge is 0.146 e. The first-order chi connectivity index (χ1) is 25.7. The summed E-state index contributed by atoms with van der Waals surface area (Å²) in [7, 11) is 0. The van der Waals surface area contributed by atoms with Gasteiger partial charge in [0.1, 0.15) is 42.3 Å². The number of carbonyl (C=O) groups excluding carboxylic acids is 1. The number of ketones is 1. The lowest BCUT2D eigenvalue weighted by Crippen LogP contribution is -2.43. The highest BCUT2D eigenvalue weighted by Crippen LogP contribution is 2.39. The maximum atomic E-state index is 12.5. The van der Waals surface area contributed by atoms with Crippen molar-refractivity contribution in [2.75, 3.05) is 32.8 Å². The first-order valence-corrected chi connectivity index (χ1v) is 19.0. The number of rotatable bonds is 15. The Morgan fingerprint density at radius 3 is 2.55 bits per heavy atom. The lowest BCUT2D eigenvalue weighted by Gasteiger charge is -2.34. The molecule has 2 aliphatic rings. The van der Waals surface area contributed by atoms with Crippen molar-refractivity contribution < 1.29 is 24.1 Å². The van der Waals surface area contributed by atoms with E-state index in [4.69, 9.17) is 37.4 Å². The Balaban J connectivity index is 1.18. The second-order valence-electron chi connectivity index (χ2n) is 13.9. The Morgan fingerprint density at radius 1 is 0.943 bits per heavy atom. The fourth-order valence-corrected chi connectivity index (χ4v) is 7.72. The average molecular weight is 758 g/mol. The number of Topliss-reactive ketones (excluding diaryl/α,β-unsaturated/α-hetero) is 1. The number of carbonyl (C=O) groups is 1. The van der Waals surface area contributed by atoms with E-state index in [2.05, 4.69) is 27.8 Å². The summed E-state index contributed by atoms with van der Waals surface area (Å²) in [6.45, 7) is 8.52. The van der Waals surface area contributed by atoms with Crippen LogP contribution in [-0.2, 0) is 24.6 Å². The number of β-amino-alcohol motifs (C(OH)–C–C–N with tert-alkyl or cyclic N) is 1. The molecule has 3 heterocycles. The summed E-state index contributed by atoms with van der Waals surface area (Å²) in [4.78, 5) is 21.1. The van der Waals surface area contributed by atoms with Crippen molar-refractivity contribution >= 4 is 29.0 Å². The lowest BCUT2D eigenvalue weighted by atomic mass is 9.96. The van der Waals surface area contributed by atoms with Crippen LogP contribution >= 0.6 is 23.2 Å². The van der Waals surface area contributed by atoms with Gasteiger partial charge in [-0.15, -0.1) is 0 Å². The van der Waals surface area contributed by atoms with Crippen LogP contribution in [0.3, 0.4) is 0 Å². The molecule has 0 unspecified atom stereocenters. The van der Waals surface area contributed by atoms with Crippen LogP contribution < -0.4 is 14.2 Å². The number of aliphatic hydroxyl groups is 1. The zero-order chi connectivity index (χ0) is 37.3. The molecule has 2 aliphatic heterocycles. The van der Waals surface area contributed by atoms with E-state index in [0.29, 0.717) is 46.0 Å². The lowest BCUT2D eigenvalue weighted by molar-refractivity contribution is -0.123. The van der Waals surface area contributed by atoms with E-state index in [1.165, 1.54) is 6.20 Å². The van der Waals surface area contributed by atoms with Crippen molar-refractivity contribution in [3.63, 3.8) is 0 Å². The molecule has 2 saturated heterocycles. The van der Waals surface area contributed by atoms with Crippen LogP contribution in [0.1, 0.15) is 66.8 Å². The molecule has 0 amide bonds. The first kappa shape index (κ1) is 38.6. The van der Waals surface area contributed by atoms with Crippen LogP contribution in [0.5, 0.6) is 17.2 Å². The Labute approximate surface area is 322 Å². The van der Waals surface area contributed by atoms with E-state index in [1.54, 1.807) is 19.2 Å². The molecule has 278 valence electrons. The van der Waals surface area contributed by atoms with Gasteiger partial charge < -0.3 is 24.2 Å². The molecule has 0 saturated carbocycles. The van der Waals surface area contributed by atoms with Crippen molar-refractivity contribution in [2.24, 2.45) is 0 Å². The number of piperidine rings is 1. The van der Waals surface area contributed by atoms with Gasteiger partial charge >= 0.3 is 0 Å². The Morgan fingerprint density at radius 2 is 1.75 bits per heavy atom. The van der Waals surface area contributed by atoms with E-state index in [0.717, 1.165) is 91.7 Å². The fraction of sp³-hybridized carbons (Fsp3) is 0.405. The van der Waals surface area contributed by atoms with Crippen LogP contribution in [0, 0.1) is 18.3 Å². The van der Waals surface area contributed by atoms with Gasteiger partial charge in [0, 0.05) is 61.3 Å².